The van der Waals surface area contributed by atoms with Crippen LogP contribution in [0.15, 0.2) is 36.4 Å². The van der Waals surface area contributed by atoms with Gasteiger partial charge in [-0.2, -0.15) is 0 Å². The molecule has 4 heteroatoms. The van der Waals surface area contributed by atoms with Crippen molar-refractivity contribution in [1.82, 2.24) is 0 Å². The Morgan fingerprint density at radius 1 is 1.00 bits per heavy atom. The van der Waals surface area contributed by atoms with Crippen LogP contribution >= 0.6 is 0 Å². The molecule has 0 aromatic heterocycles. The maximum absolute atomic E-state index is 13.6. The van der Waals surface area contributed by atoms with Crippen molar-refractivity contribution in [2.24, 2.45) is 5.73 Å². The Kier molecular flexibility index (Phi) is 4.12. The molecule has 0 aliphatic heterocycles. The van der Waals surface area contributed by atoms with Crippen LogP contribution in [0.1, 0.15) is 16.7 Å². The first kappa shape index (κ1) is 13.5. The molecule has 0 aliphatic rings. The van der Waals surface area contributed by atoms with E-state index in [0.717, 1.165) is 11.1 Å². The van der Waals surface area contributed by atoms with Crippen molar-refractivity contribution in [3.05, 3.63) is 64.7 Å². The molecule has 100 valence electrons. The highest BCUT2D eigenvalue weighted by Crippen LogP contribution is 2.24. The minimum atomic E-state index is -0.729. The monoisotopic (exact) mass is 263 g/mol. The average molecular weight is 263 g/mol. The lowest BCUT2D eigenvalue weighted by Crippen LogP contribution is -2.03. The maximum atomic E-state index is 13.6. The number of rotatable bonds is 4. The highest BCUT2D eigenvalue weighted by Gasteiger charge is 2.12. The Morgan fingerprint density at radius 3 is 2.11 bits per heavy atom. The Labute approximate surface area is 110 Å². The van der Waals surface area contributed by atoms with E-state index in [2.05, 4.69) is 0 Å². The summed E-state index contributed by atoms with van der Waals surface area (Å²) in [5, 5.41) is 0. The molecule has 2 aromatic rings. The van der Waals surface area contributed by atoms with Gasteiger partial charge in [-0.1, -0.05) is 29.8 Å². The summed E-state index contributed by atoms with van der Waals surface area (Å²) in [6.07, 6.45) is 0. The highest BCUT2D eigenvalue weighted by molar-refractivity contribution is 5.31. The second-order valence-electron chi connectivity index (χ2n) is 4.37. The minimum Gasteiger partial charge on any atom is -0.483 e. The van der Waals surface area contributed by atoms with Gasteiger partial charge in [-0.15, -0.1) is 0 Å². The van der Waals surface area contributed by atoms with Gasteiger partial charge in [0, 0.05) is 6.54 Å². The fraction of sp³-hybridized carbons (Fsp3) is 0.200. The van der Waals surface area contributed by atoms with E-state index >= 15 is 0 Å². The van der Waals surface area contributed by atoms with Crippen LogP contribution in [-0.4, -0.2) is 0 Å². The molecular weight excluding hydrogens is 248 g/mol. The van der Waals surface area contributed by atoms with Gasteiger partial charge in [0.15, 0.2) is 17.4 Å². The molecule has 0 unspecified atom stereocenters. The summed E-state index contributed by atoms with van der Waals surface area (Å²) in [6, 6.07) is 9.94. The van der Waals surface area contributed by atoms with E-state index in [1.54, 1.807) is 0 Å². The van der Waals surface area contributed by atoms with Crippen molar-refractivity contribution in [2.45, 2.75) is 20.1 Å². The third-order valence-corrected chi connectivity index (χ3v) is 2.80. The molecule has 0 saturated heterocycles. The van der Waals surface area contributed by atoms with Crippen LogP contribution in [0.3, 0.4) is 0 Å². The fourth-order valence-corrected chi connectivity index (χ4v) is 1.71. The Hall–Kier alpha value is -1.94. The molecule has 0 fully saturated rings. The molecule has 0 aliphatic carbocycles. The van der Waals surface area contributed by atoms with E-state index in [9.17, 15) is 8.78 Å². The summed E-state index contributed by atoms with van der Waals surface area (Å²) < 4.78 is 32.5. The number of halogens is 2. The first-order valence-electron chi connectivity index (χ1n) is 5.96. The van der Waals surface area contributed by atoms with Gasteiger partial charge in [-0.25, -0.2) is 8.78 Å². The van der Waals surface area contributed by atoms with Crippen LogP contribution in [0.2, 0.25) is 0 Å². The van der Waals surface area contributed by atoms with Gasteiger partial charge >= 0.3 is 0 Å². The predicted octanol–water partition coefficient (Wildman–Crippen LogP) is 3.31. The summed E-state index contributed by atoms with van der Waals surface area (Å²) in [5.74, 6) is -1.82. The zero-order valence-corrected chi connectivity index (χ0v) is 10.6. The van der Waals surface area contributed by atoms with Crippen molar-refractivity contribution in [3.63, 3.8) is 0 Å². The van der Waals surface area contributed by atoms with Gasteiger partial charge in [-0.3, -0.25) is 0 Å². The van der Waals surface area contributed by atoms with E-state index in [-0.39, 0.29) is 18.9 Å². The summed E-state index contributed by atoms with van der Waals surface area (Å²) in [6.45, 7) is 2.18. The fourth-order valence-electron chi connectivity index (χ4n) is 1.71. The molecule has 2 aromatic carbocycles. The van der Waals surface area contributed by atoms with Crippen LogP contribution in [-0.2, 0) is 13.2 Å². The highest BCUT2D eigenvalue weighted by atomic mass is 19.1. The molecule has 0 spiro atoms. The topological polar surface area (TPSA) is 35.2 Å². The lowest BCUT2D eigenvalue weighted by atomic mass is 10.1. The van der Waals surface area contributed by atoms with Crippen LogP contribution in [0.5, 0.6) is 5.75 Å². The smallest absolute Gasteiger partial charge is 0.191 e. The predicted molar refractivity (Wildman–Crippen MR) is 69.8 cm³/mol. The number of hydrogen-bond acceptors (Lipinski definition) is 2. The lowest BCUT2D eigenvalue weighted by Gasteiger charge is -2.10. The first-order valence-corrected chi connectivity index (χ1v) is 5.96. The van der Waals surface area contributed by atoms with Crippen LogP contribution < -0.4 is 10.5 Å². The van der Waals surface area contributed by atoms with E-state index in [4.69, 9.17) is 10.5 Å². The molecular formula is C15H15F2NO. The normalized spacial score (nSPS) is 10.5. The lowest BCUT2D eigenvalue weighted by molar-refractivity contribution is 0.274. The largest absolute Gasteiger partial charge is 0.483 e. The summed E-state index contributed by atoms with van der Waals surface area (Å²) in [7, 11) is 0. The molecule has 0 bridgehead atoms. The van der Waals surface area contributed by atoms with Gasteiger partial charge in [0.05, 0.1) is 0 Å². The van der Waals surface area contributed by atoms with Crippen molar-refractivity contribution in [1.29, 1.82) is 0 Å². The Morgan fingerprint density at radius 2 is 1.58 bits per heavy atom. The molecule has 0 saturated carbocycles. The number of benzene rings is 2. The number of nitrogens with two attached hydrogens (primary N) is 1. The van der Waals surface area contributed by atoms with Crippen LogP contribution in [0.25, 0.3) is 0 Å². The zero-order valence-electron chi connectivity index (χ0n) is 10.6. The SMILES string of the molecule is Cc1ccc(COc2c(F)cc(CN)cc2F)cc1. The van der Waals surface area contributed by atoms with Gasteiger partial charge in [-0.05, 0) is 30.2 Å². The van der Waals surface area contributed by atoms with Gasteiger partial charge < -0.3 is 10.5 Å². The van der Waals surface area contributed by atoms with Crippen molar-refractivity contribution < 1.29 is 13.5 Å². The molecule has 19 heavy (non-hydrogen) atoms. The molecule has 2 N–H and O–H groups in total. The van der Waals surface area contributed by atoms with E-state index in [1.807, 2.05) is 31.2 Å². The summed E-state index contributed by atoms with van der Waals surface area (Å²) in [4.78, 5) is 0. The van der Waals surface area contributed by atoms with Gasteiger partial charge in [0.1, 0.15) is 6.61 Å². The number of aryl methyl sites for hydroxylation is 1. The van der Waals surface area contributed by atoms with Crippen molar-refractivity contribution >= 4 is 0 Å². The minimum absolute atomic E-state index is 0.0894. The van der Waals surface area contributed by atoms with E-state index in [0.29, 0.717) is 5.56 Å². The second kappa shape index (κ2) is 5.80. The van der Waals surface area contributed by atoms with Gasteiger partial charge in [0.2, 0.25) is 0 Å². The maximum Gasteiger partial charge on any atom is 0.191 e. The molecule has 2 rings (SSSR count). The van der Waals surface area contributed by atoms with Gasteiger partial charge in [0.25, 0.3) is 0 Å². The molecule has 0 heterocycles. The zero-order chi connectivity index (χ0) is 13.8. The van der Waals surface area contributed by atoms with E-state index in [1.165, 1.54) is 12.1 Å². The third kappa shape index (κ3) is 3.29. The Balaban J connectivity index is 2.13. The quantitative estimate of drug-likeness (QED) is 0.918. The first-order chi connectivity index (χ1) is 9.10. The second-order valence-corrected chi connectivity index (χ2v) is 4.37. The van der Waals surface area contributed by atoms with Crippen molar-refractivity contribution in [3.8, 4) is 5.75 Å². The number of ether oxygens (including phenoxy) is 1. The molecule has 0 radical (unpaired) electrons. The average Bonchev–Trinajstić information content (AvgIpc) is 2.39. The van der Waals surface area contributed by atoms with E-state index < -0.39 is 11.6 Å². The van der Waals surface area contributed by atoms with Crippen LogP contribution in [0.4, 0.5) is 8.78 Å². The molecule has 2 nitrogen and oxygen atoms in total. The molecule has 0 amide bonds. The Bertz CT molecular complexity index is 544. The standard InChI is InChI=1S/C15H15F2NO/c1-10-2-4-11(5-3-10)9-19-15-13(16)6-12(8-18)7-14(15)17/h2-7H,8-9,18H2,1H3. The van der Waals surface area contributed by atoms with Crippen LogP contribution in [0, 0.1) is 18.6 Å². The number of hydrogen-bond donors (Lipinski definition) is 1. The van der Waals surface area contributed by atoms with Crippen molar-refractivity contribution in [2.75, 3.05) is 0 Å². The summed E-state index contributed by atoms with van der Waals surface area (Å²) >= 11 is 0. The molecule has 0 atom stereocenters. The summed E-state index contributed by atoms with van der Waals surface area (Å²) in [5.41, 5.74) is 7.72. The third-order valence-electron chi connectivity index (χ3n) is 2.80.